The molecule has 0 atom stereocenters. The molecule has 0 spiro atoms. The molecule has 4 aromatic rings. The quantitative estimate of drug-likeness (QED) is 0.243. The van der Waals surface area contributed by atoms with Crippen LogP contribution >= 0.6 is 0 Å². The first-order valence-electron chi connectivity index (χ1n) is 12.9. The van der Waals surface area contributed by atoms with Gasteiger partial charge in [0.2, 0.25) is 0 Å². The van der Waals surface area contributed by atoms with Crippen LogP contribution in [-0.4, -0.2) is 43.4 Å². The summed E-state index contributed by atoms with van der Waals surface area (Å²) in [7, 11) is 0. The van der Waals surface area contributed by atoms with Crippen LogP contribution in [0.25, 0.3) is 22.2 Å². The highest BCUT2D eigenvalue weighted by atomic mass is 19.1. The van der Waals surface area contributed by atoms with Crippen molar-refractivity contribution >= 4 is 22.8 Å². The predicted octanol–water partition coefficient (Wildman–Crippen LogP) is 4.64. The number of aromatic nitrogens is 3. The number of rotatable bonds is 7. The van der Waals surface area contributed by atoms with Crippen LogP contribution in [0.1, 0.15) is 61.0 Å². The third-order valence-corrected chi connectivity index (χ3v) is 7.16. The maximum atomic E-state index is 15.2. The lowest BCUT2D eigenvalue weighted by molar-refractivity contribution is 0.0784. The van der Waals surface area contributed by atoms with E-state index in [0.29, 0.717) is 33.7 Å². The topological polar surface area (TPSA) is 123 Å². The monoisotopic (exact) mass is 517 g/mol. The Morgan fingerprint density at radius 1 is 1.11 bits per heavy atom. The number of fused-ring (bicyclic) bond motifs is 1. The van der Waals surface area contributed by atoms with Crippen LogP contribution in [0.5, 0.6) is 0 Å². The number of benzene rings is 2. The normalized spacial score (nSPS) is 17.9. The highest BCUT2D eigenvalue weighted by molar-refractivity contribution is 6.00. The molecule has 9 heteroatoms. The van der Waals surface area contributed by atoms with Crippen LogP contribution in [-0.2, 0) is 12.1 Å². The second kappa shape index (κ2) is 10.5. The van der Waals surface area contributed by atoms with Gasteiger partial charge in [-0.2, -0.15) is 5.10 Å². The fraction of sp³-hybridized carbons (Fsp3) is 0.345. The Bertz CT molecular complexity index is 1440. The number of carbonyl (C=O) groups is 1. The fourth-order valence-electron chi connectivity index (χ4n) is 4.87. The van der Waals surface area contributed by atoms with Gasteiger partial charge in [-0.1, -0.05) is 24.3 Å². The maximum Gasteiger partial charge on any atom is 0.251 e. The van der Waals surface area contributed by atoms with E-state index in [1.807, 2.05) is 12.1 Å². The number of nitrogens with zero attached hydrogens (tertiary/aromatic N) is 2. The van der Waals surface area contributed by atoms with Crippen LogP contribution in [0.15, 0.2) is 54.7 Å². The Kier molecular flexibility index (Phi) is 7.14. The minimum Gasteiger partial charge on any atom is -0.393 e. The van der Waals surface area contributed by atoms with E-state index >= 15 is 4.39 Å². The van der Waals surface area contributed by atoms with E-state index in [4.69, 9.17) is 0 Å². The molecule has 5 rings (SSSR count). The SMILES string of the molecule is CC(C)(O)c1ccc(C(=O)NCc2ccc(-c3ccnc4[nH]nc(NC5CCC(O)CC5)c34)cc2F)cc1. The Labute approximate surface area is 220 Å². The largest absolute Gasteiger partial charge is 0.393 e. The molecule has 0 aliphatic heterocycles. The van der Waals surface area contributed by atoms with E-state index in [1.165, 1.54) is 6.07 Å². The lowest BCUT2D eigenvalue weighted by Crippen LogP contribution is -2.28. The number of pyridine rings is 1. The Balaban J connectivity index is 1.31. The first kappa shape index (κ1) is 25.8. The third-order valence-electron chi connectivity index (χ3n) is 7.16. The van der Waals surface area contributed by atoms with Crippen molar-refractivity contribution in [2.75, 3.05) is 5.32 Å². The first-order valence-corrected chi connectivity index (χ1v) is 12.9. The number of H-pyrrole nitrogens is 1. The molecular formula is C29H32FN5O3. The molecule has 2 heterocycles. The van der Waals surface area contributed by atoms with Crippen molar-refractivity contribution in [1.29, 1.82) is 0 Å². The minimum absolute atomic E-state index is 0.0377. The summed E-state index contributed by atoms with van der Waals surface area (Å²) in [5, 5.41) is 34.3. The van der Waals surface area contributed by atoms with Crippen LogP contribution in [0.3, 0.4) is 0 Å². The van der Waals surface area contributed by atoms with E-state index in [9.17, 15) is 15.0 Å². The van der Waals surface area contributed by atoms with Crippen molar-refractivity contribution in [2.45, 2.75) is 63.8 Å². The van der Waals surface area contributed by atoms with Crippen LogP contribution < -0.4 is 10.6 Å². The van der Waals surface area contributed by atoms with Crippen molar-refractivity contribution in [1.82, 2.24) is 20.5 Å². The molecule has 5 N–H and O–H groups in total. The highest BCUT2D eigenvalue weighted by Gasteiger charge is 2.22. The first-order chi connectivity index (χ1) is 18.2. The molecule has 38 heavy (non-hydrogen) atoms. The van der Waals surface area contributed by atoms with Gasteiger partial charge >= 0.3 is 0 Å². The lowest BCUT2D eigenvalue weighted by atomic mass is 9.93. The number of hydrogen-bond donors (Lipinski definition) is 5. The van der Waals surface area contributed by atoms with Gasteiger partial charge in [0, 0.05) is 29.9 Å². The molecule has 1 fully saturated rings. The van der Waals surface area contributed by atoms with Gasteiger partial charge in [0.25, 0.3) is 5.91 Å². The summed E-state index contributed by atoms with van der Waals surface area (Å²) in [5.41, 5.74) is 2.59. The van der Waals surface area contributed by atoms with Crippen molar-refractivity contribution in [3.8, 4) is 11.1 Å². The van der Waals surface area contributed by atoms with Gasteiger partial charge < -0.3 is 20.8 Å². The predicted molar refractivity (Wildman–Crippen MR) is 144 cm³/mol. The van der Waals surface area contributed by atoms with E-state index in [2.05, 4.69) is 25.8 Å². The molecule has 2 aromatic heterocycles. The smallest absolute Gasteiger partial charge is 0.251 e. The van der Waals surface area contributed by atoms with E-state index in [0.717, 1.165) is 36.6 Å². The van der Waals surface area contributed by atoms with Crippen molar-refractivity contribution in [3.05, 3.63) is 77.2 Å². The molecule has 1 aliphatic rings. The molecule has 0 radical (unpaired) electrons. The number of hydrogen-bond acceptors (Lipinski definition) is 6. The van der Waals surface area contributed by atoms with Gasteiger partial charge in [0.15, 0.2) is 11.5 Å². The van der Waals surface area contributed by atoms with Gasteiger partial charge in [-0.15, -0.1) is 0 Å². The number of aliphatic hydroxyl groups is 2. The molecule has 0 unspecified atom stereocenters. The van der Waals surface area contributed by atoms with E-state index < -0.39 is 11.4 Å². The van der Waals surface area contributed by atoms with Crippen molar-refractivity contribution in [2.24, 2.45) is 0 Å². The van der Waals surface area contributed by atoms with Gasteiger partial charge in [-0.05, 0) is 80.5 Å². The zero-order chi connectivity index (χ0) is 26.9. The Hall–Kier alpha value is -3.82. The van der Waals surface area contributed by atoms with Crippen molar-refractivity contribution in [3.63, 3.8) is 0 Å². The number of amides is 1. The second-order valence-electron chi connectivity index (χ2n) is 10.4. The molecule has 198 valence electrons. The summed E-state index contributed by atoms with van der Waals surface area (Å²) < 4.78 is 15.2. The second-order valence-corrected chi connectivity index (χ2v) is 10.4. The standard InChI is InChI=1S/C29H32FN5O3/c1-29(2,38)20-7-5-17(6-8-20)28(37)32-16-19-4-3-18(15-24(19)30)23-13-14-31-26-25(23)27(35-34-26)33-21-9-11-22(36)12-10-21/h3-8,13-15,21-22,36,38H,9-12,16H2,1-2H3,(H,32,37)(H2,31,33,34,35). The van der Waals surface area contributed by atoms with Crippen LogP contribution in [0, 0.1) is 5.82 Å². The number of carbonyl (C=O) groups excluding carboxylic acids is 1. The van der Waals surface area contributed by atoms with E-state index in [1.54, 1.807) is 50.4 Å². The zero-order valence-corrected chi connectivity index (χ0v) is 21.5. The number of aromatic amines is 1. The van der Waals surface area contributed by atoms with Crippen LogP contribution in [0.4, 0.5) is 10.2 Å². The van der Waals surface area contributed by atoms with Gasteiger partial charge in [-0.25, -0.2) is 9.37 Å². The zero-order valence-electron chi connectivity index (χ0n) is 21.5. The average Bonchev–Trinajstić information content (AvgIpc) is 3.31. The Morgan fingerprint density at radius 3 is 2.53 bits per heavy atom. The summed E-state index contributed by atoms with van der Waals surface area (Å²) in [6.45, 7) is 3.40. The third kappa shape index (κ3) is 5.54. The van der Waals surface area contributed by atoms with Crippen LogP contribution in [0.2, 0.25) is 0 Å². The van der Waals surface area contributed by atoms with E-state index in [-0.39, 0.29) is 24.6 Å². The molecule has 0 bridgehead atoms. The molecule has 1 aliphatic carbocycles. The highest BCUT2D eigenvalue weighted by Crippen LogP contribution is 2.34. The summed E-state index contributed by atoms with van der Waals surface area (Å²) in [6, 6.07) is 13.7. The van der Waals surface area contributed by atoms with Gasteiger partial charge in [0.05, 0.1) is 17.1 Å². The number of halogens is 1. The number of anilines is 1. The summed E-state index contributed by atoms with van der Waals surface area (Å²) in [5.74, 6) is -0.0859. The molecule has 2 aromatic carbocycles. The fourth-order valence-corrected chi connectivity index (χ4v) is 4.87. The maximum absolute atomic E-state index is 15.2. The molecule has 1 amide bonds. The average molecular weight is 518 g/mol. The summed E-state index contributed by atoms with van der Waals surface area (Å²) in [6.07, 6.45) is 4.62. The number of aliphatic hydroxyl groups excluding tert-OH is 1. The number of nitrogens with one attached hydrogen (secondary N) is 3. The van der Waals surface area contributed by atoms with Gasteiger partial charge in [-0.3, -0.25) is 9.89 Å². The molecular weight excluding hydrogens is 485 g/mol. The van der Waals surface area contributed by atoms with Gasteiger partial charge in [0.1, 0.15) is 5.82 Å². The summed E-state index contributed by atoms with van der Waals surface area (Å²) in [4.78, 5) is 17.0. The molecule has 1 saturated carbocycles. The lowest BCUT2D eigenvalue weighted by Gasteiger charge is -2.26. The summed E-state index contributed by atoms with van der Waals surface area (Å²) >= 11 is 0. The molecule has 8 nitrogen and oxygen atoms in total. The molecule has 0 saturated heterocycles. The Morgan fingerprint density at radius 2 is 1.84 bits per heavy atom. The minimum atomic E-state index is -0.993. The van der Waals surface area contributed by atoms with Crippen molar-refractivity contribution < 1.29 is 19.4 Å².